The number of sulfone groups is 1. The minimum Gasteiger partial charge on any atom is -0.406 e. The lowest BCUT2D eigenvalue weighted by molar-refractivity contribution is -0.274. The van der Waals surface area contributed by atoms with E-state index in [0.29, 0.717) is 36.5 Å². The predicted octanol–water partition coefficient (Wildman–Crippen LogP) is 4.99. The van der Waals surface area contributed by atoms with E-state index in [1.165, 1.54) is 6.07 Å². The van der Waals surface area contributed by atoms with Crippen molar-refractivity contribution in [1.82, 2.24) is 0 Å². The first-order valence-electron chi connectivity index (χ1n) is 7.58. The van der Waals surface area contributed by atoms with Crippen LogP contribution in [0.4, 0.5) is 36.4 Å². The Kier molecular flexibility index (Phi) is 6.31. The fourth-order valence-electron chi connectivity index (χ4n) is 2.07. The van der Waals surface area contributed by atoms with Crippen molar-refractivity contribution >= 4 is 15.5 Å². The average Bonchev–Trinajstić information content (AvgIpc) is 2.61. The minimum atomic E-state index is -5.00. The van der Waals surface area contributed by atoms with Gasteiger partial charge in [0.15, 0.2) is 4.91 Å². The first-order chi connectivity index (χ1) is 13.7. The Morgan fingerprint density at radius 2 is 1.63 bits per heavy atom. The molecule has 0 atom stereocenters. The van der Waals surface area contributed by atoms with Crippen LogP contribution in [0.25, 0.3) is 0 Å². The number of hydrogen-bond donors (Lipinski definition) is 1. The van der Waals surface area contributed by atoms with E-state index in [2.05, 4.69) is 4.74 Å². The van der Waals surface area contributed by atoms with Crippen molar-refractivity contribution in [2.75, 3.05) is 5.32 Å². The zero-order valence-corrected chi connectivity index (χ0v) is 15.2. The zero-order chi connectivity index (χ0) is 22.7. The number of allylic oxidation sites excluding steroid dienone is 1. The summed E-state index contributed by atoms with van der Waals surface area (Å²) in [5, 5.41) is 11.1. The van der Waals surface area contributed by atoms with Gasteiger partial charge in [-0.25, -0.2) is 12.8 Å². The zero-order valence-electron chi connectivity index (χ0n) is 14.3. The van der Waals surface area contributed by atoms with Gasteiger partial charge in [0.25, 0.3) is 0 Å². The van der Waals surface area contributed by atoms with Gasteiger partial charge >= 0.3 is 12.5 Å². The molecule has 0 aliphatic rings. The fraction of sp³-hybridized carbons (Fsp3) is 0.118. The van der Waals surface area contributed by atoms with E-state index in [1.807, 2.05) is 5.32 Å². The van der Waals surface area contributed by atoms with Crippen LogP contribution in [-0.4, -0.2) is 14.8 Å². The van der Waals surface area contributed by atoms with Gasteiger partial charge in [-0.15, -0.1) is 13.2 Å². The first kappa shape index (κ1) is 23.0. The lowest BCUT2D eigenvalue weighted by Crippen LogP contribution is -2.17. The molecule has 0 amide bonds. The van der Waals surface area contributed by atoms with E-state index in [0.717, 1.165) is 12.1 Å². The van der Waals surface area contributed by atoms with E-state index in [1.54, 1.807) is 0 Å². The molecule has 0 bridgehead atoms. The quantitative estimate of drug-likeness (QED) is 0.509. The largest absolute Gasteiger partial charge is 0.573 e. The van der Waals surface area contributed by atoms with Gasteiger partial charge in [0, 0.05) is 6.20 Å². The molecule has 0 spiro atoms. The molecule has 0 aliphatic heterocycles. The van der Waals surface area contributed by atoms with E-state index in [4.69, 9.17) is 5.26 Å². The highest BCUT2D eigenvalue weighted by molar-refractivity contribution is 7.95. The number of nitriles is 1. The number of alkyl halides is 6. The van der Waals surface area contributed by atoms with Gasteiger partial charge in [0.1, 0.15) is 17.6 Å². The third-order valence-electron chi connectivity index (χ3n) is 3.42. The second-order valence-corrected chi connectivity index (χ2v) is 7.40. The molecule has 13 heteroatoms. The fourth-order valence-corrected chi connectivity index (χ4v) is 3.16. The predicted molar refractivity (Wildman–Crippen MR) is 89.0 cm³/mol. The Labute approximate surface area is 164 Å². The third-order valence-corrected chi connectivity index (χ3v) is 5.10. The molecule has 160 valence electrons. The maximum Gasteiger partial charge on any atom is 0.573 e. The van der Waals surface area contributed by atoms with Gasteiger partial charge in [0.2, 0.25) is 9.84 Å². The summed E-state index contributed by atoms with van der Waals surface area (Å²) < 4.78 is 117. The molecule has 0 aromatic heterocycles. The molecule has 1 N–H and O–H groups in total. The van der Waals surface area contributed by atoms with Crippen molar-refractivity contribution in [3.63, 3.8) is 0 Å². The van der Waals surface area contributed by atoms with Crippen LogP contribution in [0.15, 0.2) is 58.5 Å². The number of hydrogen-bond acceptors (Lipinski definition) is 5. The third kappa shape index (κ3) is 5.63. The van der Waals surface area contributed by atoms with Gasteiger partial charge in [0.05, 0.1) is 16.1 Å². The molecule has 5 nitrogen and oxygen atoms in total. The molecule has 30 heavy (non-hydrogen) atoms. The first-order valence-corrected chi connectivity index (χ1v) is 9.07. The van der Waals surface area contributed by atoms with E-state index in [-0.39, 0.29) is 0 Å². The van der Waals surface area contributed by atoms with Crippen LogP contribution in [0.3, 0.4) is 0 Å². The van der Waals surface area contributed by atoms with Crippen molar-refractivity contribution in [3.8, 4) is 11.8 Å². The van der Waals surface area contributed by atoms with Gasteiger partial charge in [-0.05, 0) is 42.5 Å². The average molecular weight is 454 g/mol. The second kappa shape index (κ2) is 8.23. The number of nitrogens with one attached hydrogen (secondary N) is 1. The van der Waals surface area contributed by atoms with Crippen molar-refractivity contribution in [2.24, 2.45) is 0 Å². The number of benzene rings is 2. The van der Waals surface area contributed by atoms with Gasteiger partial charge < -0.3 is 10.1 Å². The normalized spacial score (nSPS) is 12.9. The summed E-state index contributed by atoms with van der Waals surface area (Å²) in [4.78, 5) is -1.63. The van der Waals surface area contributed by atoms with Gasteiger partial charge in [-0.3, -0.25) is 0 Å². The summed E-state index contributed by atoms with van der Waals surface area (Å²) >= 11 is 0. The molecule has 0 saturated heterocycles. The van der Waals surface area contributed by atoms with Gasteiger partial charge in [-0.1, -0.05) is 0 Å². The van der Waals surface area contributed by atoms with Crippen LogP contribution in [0, 0.1) is 17.1 Å². The molecule has 2 aromatic rings. The Morgan fingerprint density at radius 1 is 1.03 bits per heavy atom. The molecular formula is C17H9F7N2O3S. The van der Waals surface area contributed by atoms with Crippen molar-refractivity contribution in [2.45, 2.75) is 17.4 Å². The minimum absolute atomic E-state index is 0.372. The topological polar surface area (TPSA) is 79.2 Å². The molecule has 0 saturated carbocycles. The standard InChI is InChI=1S/C17H9F7N2O3S/c18-14-6-1-10(16(19,20)21)7-15(14)26-9-13(8-25)30(27,28)12-4-2-11(3-5-12)29-17(22,23)24/h1-7,9,26H. The van der Waals surface area contributed by atoms with Crippen molar-refractivity contribution in [1.29, 1.82) is 5.26 Å². The molecule has 0 heterocycles. The van der Waals surface area contributed by atoms with Crippen LogP contribution in [0.5, 0.6) is 5.75 Å². The summed E-state index contributed by atoms with van der Waals surface area (Å²) in [6.45, 7) is 0. The van der Waals surface area contributed by atoms with Crippen molar-refractivity contribution < 1.29 is 43.9 Å². The highest BCUT2D eigenvalue weighted by atomic mass is 32.2. The summed E-state index contributed by atoms with van der Waals surface area (Å²) in [5.41, 5.74) is -1.97. The molecule has 0 radical (unpaired) electrons. The smallest absolute Gasteiger partial charge is 0.406 e. The number of halogens is 7. The molecular weight excluding hydrogens is 445 g/mol. The van der Waals surface area contributed by atoms with Crippen molar-refractivity contribution in [3.05, 3.63) is 65.0 Å². The molecule has 0 fully saturated rings. The summed E-state index contributed by atoms with van der Waals surface area (Å²) in [5.74, 6) is -1.87. The summed E-state index contributed by atoms with van der Waals surface area (Å²) in [6, 6.07) is 5.46. The highest BCUT2D eigenvalue weighted by Gasteiger charge is 2.32. The summed E-state index contributed by atoms with van der Waals surface area (Å²) in [6.07, 6.45) is -9.33. The molecule has 2 aromatic carbocycles. The Morgan fingerprint density at radius 3 is 2.13 bits per heavy atom. The Bertz CT molecular complexity index is 1100. The van der Waals surface area contributed by atoms with E-state index >= 15 is 0 Å². The maximum atomic E-state index is 13.7. The van der Waals surface area contributed by atoms with E-state index < -0.39 is 55.0 Å². The highest BCUT2D eigenvalue weighted by Crippen LogP contribution is 2.32. The van der Waals surface area contributed by atoms with Crippen LogP contribution in [0.2, 0.25) is 0 Å². The number of nitrogens with zero attached hydrogens (tertiary/aromatic N) is 1. The number of rotatable bonds is 5. The molecule has 0 aliphatic carbocycles. The lowest BCUT2D eigenvalue weighted by Gasteiger charge is -2.11. The summed E-state index contributed by atoms with van der Waals surface area (Å²) in [7, 11) is -4.58. The number of ether oxygens (including phenoxy) is 1. The maximum absolute atomic E-state index is 13.7. The Hall–Kier alpha value is -3.27. The molecule has 0 unspecified atom stereocenters. The monoisotopic (exact) mass is 454 g/mol. The van der Waals surface area contributed by atoms with Crippen LogP contribution < -0.4 is 10.1 Å². The van der Waals surface area contributed by atoms with Crippen LogP contribution in [-0.2, 0) is 16.0 Å². The van der Waals surface area contributed by atoms with E-state index in [9.17, 15) is 39.2 Å². The SMILES string of the molecule is N#CC(=CNc1cc(C(F)(F)F)ccc1F)S(=O)(=O)c1ccc(OC(F)(F)F)cc1. The van der Waals surface area contributed by atoms with Crippen LogP contribution >= 0.6 is 0 Å². The molecule has 2 rings (SSSR count). The number of anilines is 1. The van der Waals surface area contributed by atoms with Gasteiger partial charge in [-0.2, -0.15) is 18.4 Å². The lowest BCUT2D eigenvalue weighted by atomic mass is 10.2. The van der Waals surface area contributed by atoms with Crippen LogP contribution in [0.1, 0.15) is 5.56 Å². The second-order valence-electron chi connectivity index (χ2n) is 5.48. The Balaban J connectivity index is 2.33.